The first-order chi connectivity index (χ1) is 6.69. The molecule has 0 heterocycles. The Morgan fingerprint density at radius 1 is 1.21 bits per heavy atom. The van der Waals surface area contributed by atoms with Gasteiger partial charge in [-0.25, -0.2) is 0 Å². The Morgan fingerprint density at radius 3 is 2.21 bits per heavy atom. The van der Waals surface area contributed by atoms with Crippen molar-refractivity contribution < 1.29 is 0 Å². The summed E-state index contributed by atoms with van der Waals surface area (Å²) in [4.78, 5) is 0. The standard InChI is InChI=1S/C14H26/c1-5-11(6-2)8-14-9-12(10(14)4)13(14)7-3/h10-13H,5-9H2,1-4H3. The van der Waals surface area contributed by atoms with Gasteiger partial charge in [-0.3, -0.25) is 0 Å². The third kappa shape index (κ3) is 1.12. The van der Waals surface area contributed by atoms with E-state index in [9.17, 15) is 0 Å². The van der Waals surface area contributed by atoms with Gasteiger partial charge in [0, 0.05) is 0 Å². The maximum Gasteiger partial charge on any atom is -0.0233 e. The quantitative estimate of drug-likeness (QED) is 0.604. The van der Waals surface area contributed by atoms with Gasteiger partial charge in [0.2, 0.25) is 0 Å². The van der Waals surface area contributed by atoms with Crippen molar-refractivity contribution in [2.75, 3.05) is 0 Å². The summed E-state index contributed by atoms with van der Waals surface area (Å²) in [6.45, 7) is 9.63. The highest BCUT2D eigenvalue weighted by atomic mass is 14.7. The molecule has 0 heteroatoms. The van der Waals surface area contributed by atoms with Crippen molar-refractivity contribution in [1.82, 2.24) is 0 Å². The van der Waals surface area contributed by atoms with Crippen LogP contribution in [0.2, 0.25) is 0 Å². The zero-order valence-corrected chi connectivity index (χ0v) is 10.3. The van der Waals surface area contributed by atoms with E-state index < -0.39 is 0 Å². The van der Waals surface area contributed by atoms with Crippen LogP contribution in [-0.2, 0) is 0 Å². The second-order valence-electron chi connectivity index (χ2n) is 5.79. The van der Waals surface area contributed by atoms with E-state index in [1.807, 2.05) is 0 Å². The number of hydrogen-bond acceptors (Lipinski definition) is 0. The molecule has 82 valence electrons. The van der Waals surface area contributed by atoms with Crippen LogP contribution in [0.4, 0.5) is 0 Å². The van der Waals surface area contributed by atoms with Gasteiger partial charge < -0.3 is 0 Å². The van der Waals surface area contributed by atoms with E-state index in [1.54, 1.807) is 6.42 Å². The van der Waals surface area contributed by atoms with Crippen LogP contribution >= 0.6 is 0 Å². The molecule has 4 atom stereocenters. The molecule has 0 saturated heterocycles. The van der Waals surface area contributed by atoms with Gasteiger partial charge in [-0.1, -0.05) is 47.0 Å². The maximum absolute atomic E-state index is 2.50. The van der Waals surface area contributed by atoms with Gasteiger partial charge in [0.25, 0.3) is 0 Å². The van der Waals surface area contributed by atoms with Crippen LogP contribution in [0.15, 0.2) is 0 Å². The van der Waals surface area contributed by atoms with Crippen LogP contribution in [-0.4, -0.2) is 0 Å². The Kier molecular flexibility index (Phi) is 2.66. The third-order valence-electron chi connectivity index (χ3n) is 5.68. The lowest BCUT2D eigenvalue weighted by molar-refractivity contribution is -0.264. The molecule has 3 aliphatic carbocycles. The molecular weight excluding hydrogens is 168 g/mol. The van der Waals surface area contributed by atoms with E-state index in [2.05, 4.69) is 27.7 Å². The molecule has 4 unspecified atom stereocenters. The zero-order valence-electron chi connectivity index (χ0n) is 10.3. The predicted molar refractivity (Wildman–Crippen MR) is 62.2 cm³/mol. The zero-order chi connectivity index (χ0) is 10.3. The molecule has 0 aromatic carbocycles. The molecule has 3 rings (SSSR count). The highest BCUT2D eigenvalue weighted by Gasteiger charge is 2.68. The van der Waals surface area contributed by atoms with Crippen molar-refractivity contribution in [2.24, 2.45) is 29.1 Å². The smallest absolute Gasteiger partial charge is 0.0233 e. The highest BCUT2D eigenvalue weighted by molar-refractivity contribution is 5.17. The first kappa shape index (κ1) is 10.5. The summed E-state index contributed by atoms with van der Waals surface area (Å²) in [6, 6.07) is 0. The average molecular weight is 194 g/mol. The minimum Gasteiger partial charge on any atom is -0.0651 e. The Hall–Kier alpha value is 0. The number of hydrogen-bond donors (Lipinski definition) is 0. The lowest BCUT2D eigenvalue weighted by Gasteiger charge is -2.75. The van der Waals surface area contributed by atoms with Crippen molar-refractivity contribution in [3.8, 4) is 0 Å². The molecule has 0 aromatic rings. The van der Waals surface area contributed by atoms with Crippen LogP contribution in [0.1, 0.15) is 59.8 Å². The molecule has 3 aliphatic rings. The molecule has 3 saturated carbocycles. The summed E-state index contributed by atoms with van der Waals surface area (Å²) in [5, 5.41) is 0. The first-order valence-electron chi connectivity index (χ1n) is 6.69. The summed E-state index contributed by atoms with van der Waals surface area (Å²) in [5.74, 6) is 4.30. The molecule has 0 amide bonds. The lowest BCUT2D eigenvalue weighted by Crippen LogP contribution is -2.68. The second-order valence-corrected chi connectivity index (χ2v) is 5.79. The normalized spacial score (nSPS) is 44.8. The molecule has 0 spiro atoms. The Bertz CT molecular complexity index is 204. The van der Waals surface area contributed by atoms with Crippen molar-refractivity contribution in [2.45, 2.75) is 59.8 Å². The van der Waals surface area contributed by atoms with E-state index in [-0.39, 0.29) is 0 Å². The fourth-order valence-corrected chi connectivity index (χ4v) is 4.44. The summed E-state index contributed by atoms with van der Waals surface area (Å²) in [6.07, 6.45) is 7.34. The number of rotatable bonds is 5. The van der Waals surface area contributed by atoms with Gasteiger partial charge in [-0.05, 0) is 41.9 Å². The Balaban J connectivity index is 1.95. The lowest BCUT2D eigenvalue weighted by atomic mass is 9.30. The molecule has 0 nitrogen and oxygen atoms in total. The maximum atomic E-state index is 2.50. The summed E-state index contributed by atoms with van der Waals surface area (Å²) in [5.41, 5.74) is 0.816. The van der Waals surface area contributed by atoms with Crippen LogP contribution in [0, 0.1) is 29.1 Å². The van der Waals surface area contributed by atoms with Crippen LogP contribution in [0.25, 0.3) is 0 Å². The molecule has 3 fully saturated rings. The topological polar surface area (TPSA) is 0 Å². The minimum atomic E-state index is 0.816. The summed E-state index contributed by atoms with van der Waals surface area (Å²) >= 11 is 0. The van der Waals surface area contributed by atoms with Gasteiger partial charge in [0.1, 0.15) is 0 Å². The fourth-order valence-electron chi connectivity index (χ4n) is 4.44. The predicted octanol–water partition coefficient (Wildman–Crippen LogP) is 4.49. The summed E-state index contributed by atoms with van der Waals surface area (Å²) in [7, 11) is 0. The molecule has 14 heavy (non-hydrogen) atoms. The van der Waals surface area contributed by atoms with Gasteiger partial charge in [-0.2, -0.15) is 0 Å². The van der Waals surface area contributed by atoms with E-state index in [0.29, 0.717) is 0 Å². The molecule has 0 radical (unpaired) electrons. The SMILES string of the molecule is CCC(CC)CC12CC(C1C)C2CC. The first-order valence-corrected chi connectivity index (χ1v) is 6.69. The van der Waals surface area contributed by atoms with Crippen molar-refractivity contribution in [3.63, 3.8) is 0 Å². The molecule has 0 aromatic heterocycles. The highest BCUT2D eigenvalue weighted by Crippen LogP contribution is 2.75. The Morgan fingerprint density at radius 2 is 1.86 bits per heavy atom. The van der Waals surface area contributed by atoms with Gasteiger partial charge in [0.15, 0.2) is 0 Å². The molecule has 0 N–H and O–H groups in total. The Labute approximate surface area is 89.5 Å². The fraction of sp³-hybridized carbons (Fsp3) is 1.00. The minimum absolute atomic E-state index is 0.816. The van der Waals surface area contributed by atoms with E-state index in [0.717, 1.165) is 29.1 Å². The summed E-state index contributed by atoms with van der Waals surface area (Å²) < 4.78 is 0. The molecule has 2 bridgehead atoms. The third-order valence-corrected chi connectivity index (χ3v) is 5.68. The molecule has 0 aliphatic heterocycles. The van der Waals surface area contributed by atoms with Crippen molar-refractivity contribution in [3.05, 3.63) is 0 Å². The van der Waals surface area contributed by atoms with Crippen LogP contribution < -0.4 is 0 Å². The van der Waals surface area contributed by atoms with E-state index >= 15 is 0 Å². The van der Waals surface area contributed by atoms with Crippen molar-refractivity contribution >= 4 is 0 Å². The van der Waals surface area contributed by atoms with E-state index in [4.69, 9.17) is 0 Å². The van der Waals surface area contributed by atoms with E-state index in [1.165, 1.54) is 25.7 Å². The van der Waals surface area contributed by atoms with Crippen molar-refractivity contribution in [1.29, 1.82) is 0 Å². The van der Waals surface area contributed by atoms with Gasteiger partial charge >= 0.3 is 0 Å². The van der Waals surface area contributed by atoms with Crippen LogP contribution in [0.5, 0.6) is 0 Å². The molecular formula is C14H26. The second kappa shape index (κ2) is 3.54. The van der Waals surface area contributed by atoms with Gasteiger partial charge in [-0.15, -0.1) is 0 Å². The monoisotopic (exact) mass is 194 g/mol. The van der Waals surface area contributed by atoms with Crippen LogP contribution in [0.3, 0.4) is 0 Å². The average Bonchev–Trinajstić information content (AvgIpc) is 2.18. The largest absolute Gasteiger partial charge is 0.0651 e. The van der Waals surface area contributed by atoms with Gasteiger partial charge in [0.05, 0.1) is 0 Å².